The van der Waals surface area contributed by atoms with Crippen molar-refractivity contribution in [3.05, 3.63) is 51.9 Å². The van der Waals surface area contributed by atoms with Gasteiger partial charge in [0, 0.05) is 6.42 Å². The van der Waals surface area contributed by atoms with Gasteiger partial charge >= 0.3 is 0 Å². The molecule has 2 rings (SSSR count). The highest BCUT2D eigenvalue weighted by Crippen LogP contribution is 2.22. The Hall–Kier alpha value is -1.49. The van der Waals surface area contributed by atoms with E-state index in [1.165, 1.54) is 19.2 Å². The van der Waals surface area contributed by atoms with Crippen LogP contribution in [0.25, 0.3) is 0 Å². The summed E-state index contributed by atoms with van der Waals surface area (Å²) in [6.45, 7) is 0. The quantitative estimate of drug-likeness (QED) is 0.873. The molecule has 3 nitrogen and oxygen atoms in total. The van der Waals surface area contributed by atoms with E-state index in [-0.39, 0.29) is 5.82 Å². The second-order valence-electron chi connectivity index (χ2n) is 3.50. The van der Waals surface area contributed by atoms with Crippen LogP contribution in [0.5, 0.6) is 5.88 Å². The van der Waals surface area contributed by atoms with Crippen molar-refractivity contribution in [1.82, 2.24) is 10.2 Å². The molecule has 0 unspecified atom stereocenters. The van der Waals surface area contributed by atoms with Gasteiger partial charge in [-0.05, 0) is 39.7 Å². The van der Waals surface area contributed by atoms with E-state index < -0.39 is 0 Å². The number of aromatic nitrogens is 2. The molecular weight excluding hydrogens is 287 g/mol. The SMILES string of the molecule is COc1nnc(Cc2ccc(F)cc2)cc1Br. The summed E-state index contributed by atoms with van der Waals surface area (Å²) in [5.41, 5.74) is 1.78. The topological polar surface area (TPSA) is 35.0 Å². The normalized spacial score (nSPS) is 10.3. The van der Waals surface area contributed by atoms with E-state index in [4.69, 9.17) is 4.74 Å². The molecule has 17 heavy (non-hydrogen) atoms. The Kier molecular flexibility index (Phi) is 3.68. The van der Waals surface area contributed by atoms with Crippen LogP contribution in [0, 0.1) is 5.82 Å². The van der Waals surface area contributed by atoms with Crippen molar-refractivity contribution in [3.8, 4) is 5.88 Å². The van der Waals surface area contributed by atoms with E-state index in [1.807, 2.05) is 6.07 Å². The smallest absolute Gasteiger partial charge is 0.247 e. The fourth-order valence-corrected chi connectivity index (χ4v) is 1.94. The molecule has 88 valence electrons. The van der Waals surface area contributed by atoms with Crippen LogP contribution in [0.2, 0.25) is 0 Å². The fraction of sp³-hybridized carbons (Fsp3) is 0.167. The lowest BCUT2D eigenvalue weighted by Gasteiger charge is -2.04. The summed E-state index contributed by atoms with van der Waals surface area (Å²) < 4.78 is 18.5. The van der Waals surface area contributed by atoms with Crippen LogP contribution in [0.1, 0.15) is 11.3 Å². The van der Waals surface area contributed by atoms with Crippen molar-refractivity contribution in [3.63, 3.8) is 0 Å². The van der Waals surface area contributed by atoms with Gasteiger partial charge in [-0.2, -0.15) is 5.10 Å². The standard InChI is InChI=1S/C12H10BrFN2O/c1-17-12-11(13)7-10(15-16-12)6-8-2-4-9(14)5-3-8/h2-5,7H,6H2,1H3. The third-order valence-electron chi connectivity index (χ3n) is 2.26. The van der Waals surface area contributed by atoms with Gasteiger partial charge in [-0.15, -0.1) is 5.10 Å². The predicted octanol–water partition coefficient (Wildman–Crippen LogP) is 2.98. The van der Waals surface area contributed by atoms with Crippen LogP contribution in [0.4, 0.5) is 4.39 Å². The number of nitrogens with zero attached hydrogens (tertiary/aromatic N) is 2. The molecule has 0 amide bonds. The molecule has 0 atom stereocenters. The highest BCUT2D eigenvalue weighted by atomic mass is 79.9. The molecule has 0 bridgehead atoms. The Labute approximate surface area is 107 Å². The third-order valence-corrected chi connectivity index (χ3v) is 2.83. The average molecular weight is 297 g/mol. The number of rotatable bonds is 3. The van der Waals surface area contributed by atoms with Gasteiger partial charge in [0.05, 0.1) is 17.3 Å². The van der Waals surface area contributed by atoms with Crippen LogP contribution in [-0.2, 0) is 6.42 Å². The molecular formula is C12H10BrFN2O. The first-order chi connectivity index (χ1) is 8.19. The molecule has 0 N–H and O–H groups in total. The van der Waals surface area contributed by atoms with E-state index in [9.17, 15) is 4.39 Å². The van der Waals surface area contributed by atoms with Gasteiger partial charge in [0.1, 0.15) is 5.82 Å². The molecule has 0 aliphatic heterocycles. The molecule has 2 aromatic rings. The monoisotopic (exact) mass is 296 g/mol. The molecule has 0 radical (unpaired) electrons. The summed E-state index contributed by atoms with van der Waals surface area (Å²) in [7, 11) is 1.54. The zero-order valence-corrected chi connectivity index (χ0v) is 10.7. The highest BCUT2D eigenvalue weighted by Gasteiger charge is 2.05. The highest BCUT2D eigenvalue weighted by molar-refractivity contribution is 9.10. The van der Waals surface area contributed by atoms with Gasteiger partial charge in [0.2, 0.25) is 5.88 Å². The maximum Gasteiger partial charge on any atom is 0.247 e. The van der Waals surface area contributed by atoms with E-state index in [0.29, 0.717) is 12.3 Å². The summed E-state index contributed by atoms with van der Waals surface area (Å²) in [4.78, 5) is 0. The van der Waals surface area contributed by atoms with Crippen LogP contribution in [0.15, 0.2) is 34.8 Å². The zero-order valence-electron chi connectivity index (χ0n) is 9.15. The van der Waals surface area contributed by atoms with Gasteiger partial charge in [-0.1, -0.05) is 12.1 Å². The number of hydrogen-bond acceptors (Lipinski definition) is 3. The number of methoxy groups -OCH3 is 1. The van der Waals surface area contributed by atoms with Crippen molar-refractivity contribution in [2.75, 3.05) is 7.11 Å². The number of hydrogen-bond donors (Lipinski definition) is 0. The van der Waals surface area contributed by atoms with Crippen LogP contribution in [0.3, 0.4) is 0 Å². The Balaban J connectivity index is 2.19. The Bertz CT molecular complexity index is 516. The third kappa shape index (κ3) is 3.00. The predicted molar refractivity (Wildman–Crippen MR) is 65.5 cm³/mol. The number of halogens is 2. The summed E-state index contributed by atoms with van der Waals surface area (Å²) >= 11 is 3.34. The minimum Gasteiger partial charge on any atom is -0.479 e. The second kappa shape index (κ2) is 5.23. The van der Waals surface area contributed by atoms with E-state index in [1.54, 1.807) is 12.1 Å². The van der Waals surface area contributed by atoms with E-state index in [0.717, 1.165) is 15.7 Å². The molecule has 1 aromatic carbocycles. The summed E-state index contributed by atoms with van der Waals surface area (Å²) in [5, 5.41) is 7.95. The Morgan fingerprint density at radius 3 is 2.53 bits per heavy atom. The van der Waals surface area contributed by atoms with Crippen molar-refractivity contribution in [2.24, 2.45) is 0 Å². The second-order valence-corrected chi connectivity index (χ2v) is 4.35. The minimum atomic E-state index is -0.240. The van der Waals surface area contributed by atoms with Crippen molar-refractivity contribution in [2.45, 2.75) is 6.42 Å². The Morgan fingerprint density at radius 1 is 1.24 bits per heavy atom. The van der Waals surface area contributed by atoms with E-state index >= 15 is 0 Å². The minimum absolute atomic E-state index is 0.240. The first-order valence-electron chi connectivity index (χ1n) is 4.99. The van der Waals surface area contributed by atoms with Gasteiger partial charge < -0.3 is 4.74 Å². The average Bonchev–Trinajstić information content (AvgIpc) is 2.32. The molecule has 1 aromatic heterocycles. The molecule has 5 heteroatoms. The first kappa shape index (κ1) is 12.0. The number of ether oxygens (including phenoxy) is 1. The van der Waals surface area contributed by atoms with Crippen molar-refractivity contribution >= 4 is 15.9 Å². The van der Waals surface area contributed by atoms with Crippen molar-refractivity contribution in [1.29, 1.82) is 0 Å². The lowest BCUT2D eigenvalue weighted by molar-refractivity contribution is 0.388. The maximum absolute atomic E-state index is 12.7. The lowest BCUT2D eigenvalue weighted by Crippen LogP contribution is -1.98. The molecule has 0 aliphatic carbocycles. The van der Waals surface area contributed by atoms with Gasteiger partial charge in [0.25, 0.3) is 0 Å². The summed E-state index contributed by atoms with van der Waals surface area (Å²) in [5.74, 6) is 0.212. The molecule has 0 spiro atoms. The summed E-state index contributed by atoms with van der Waals surface area (Å²) in [6.07, 6.45) is 0.607. The lowest BCUT2D eigenvalue weighted by atomic mass is 10.1. The van der Waals surface area contributed by atoms with Crippen LogP contribution >= 0.6 is 15.9 Å². The fourth-order valence-electron chi connectivity index (χ4n) is 1.43. The van der Waals surface area contributed by atoms with Gasteiger partial charge in [0.15, 0.2) is 0 Å². The van der Waals surface area contributed by atoms with E-state index in [2.05, 4.69) is 26.1 Å². The number of benzene rings is 1. The van der Waals surface area contributed by atoms with Crippen molar-refractivity contribution < 1.29 is 9.13 Å². The first-order valence-corrected chi connectivity index (χ1v) is 5.79. The maximum atomic E-state index is 12.7. The van der Waals surface area contributed by atoms with Crippen LogP contribution in [-0.4, -0.2) is 17.3 Å². The molecule has 1 heterocycles. The molecule has 0 fully saturated rings. The Morgan fingerprint density at radius 2 is 1.94 bits per heavy atom. The van der Waals surface area contributed by atoms with Gasteiger partial charge in [-0.3, -0.25) is 0 Å². The molecule has 0 aliphatic rings. The zero-order chi connectivity index (χ0) is 12.3. The summed E-state index contributed by atoms with van der Waals surface area (Å²) in [6, 6.07) is 8.17. The van der Waals surface area contributed by atoms with Crippen LogP contribution < -0.4 is 4.74 Å². The van der Waals surface area contributed by atoms with Gasteiger partial charge in [-0.25, -0.2) is 4.39 Å². The largest absolute Gasteiger partial charge is 0.479 e. The molecule has 0 saturated carbocycles. The molecule has 0 saturated heterocycles.